The van der Waals surface area contributed by atoms with Crippen LogP contribution in [0.5, 0.6) is 0 Å². The molecule has 0 unspecified atom stereocenters. The summed E-state index contributed by atoms with van der Waals surface area (Å²) >= 11 is 5.88. The van der Waals surface area contributed by atoms with Crippen LogP contribution in [0.15, 0.2) is 18.5 Å². The van der Waals surface area contributed by atoms with E-state index in [1.54, 1.807) is 18.5 Å². The Morgan fingerprint density at radius 2 is 2.36 bits per heavy atom. The van der Waals surface area contributed by atoms with Gasteiger partial charge in [0.05, 0.1) is 10.6 Å². The van der Waals surface area contributed by atoms with Gasteiger partial charge >= 0.3 is 0 Å². The van der Waals surface area contributed by atoms with Crippen molar-refractivity contribution in [1.29, 1.82) is 0 Å². The van der Waals surface area contributed by atoms with E-state index >= 15 is 0 Å². The molecular formula is C10H11ClN2O. The molecule has 1 aromatic heterocycles. The highest BCUT2D eigenvalue weighted by atomic mass is 35.5. The molecule has 1 aromatic rings. The van der Waals surface area contributed by atoms with Crippen LogP contribution in [-0.2, 0) is 11.2 Å². The van der Waals surface area contributed by atoms with E-state index in [-0.39, 0.29) is 5.78 Å². The molecule has 3 nitrogen and oxygen atoms in total. The van der Waals surface area contributed by atoms with Crippen LogP contribution in [-0.4, -0.2) is 16.3 Å². The third kappa shape index (κ3) is 1.79. The van der Waals surface area contributed by atoms with Crippen LogP contribution < -0.4 is 5.73 Å². The van der Waals surface area contributed by atoms with Gasteiger partial charge in [-0.3, -0.25) is 9.78 Å². The third-order valence-corrected chi connectivity index (χ3v) is 2.89. The predicted octanol–water partition coefficient (Wildman–Crippen LogP) is 1.34. The number of aromatic nitrogens is 1. The molecule has 2 rings (SSSR count). The highest BCUT2D eigenvalue weighted by Gasteiger charge is 2.45. The summed E-state index contributed by atoms with van der Waals surface area (Å²) in [5.74, 6) is 0.0746. The van der Waals surface area contributed by atoms with Crippen LogP contribution in [0.25, 0.3) is 0 Å². The Morgan fingerprint density at radius 3 is 2.93 bits per heavy atom. The van der Waals surface area contributed by atoms with Gasteiger partial charge in [0.2, 0.25) is 0 Å². The van der Waals surface area contributed by atoms with Gasteiger partial charge in [0, 0.05) is 18.8 Å². The van der Waals surface area contributed by atoms with Crippen LogP contribution in [0.2, 0.25) is 5.02 Å². The quantitative estimate of drug-likeness (QED) is 0.819. The summed E-state index contributed by atoms with van der Waals surface area (Å²) in [5.41, 5.74) is 6.03. The first kappa shape index (κ1) is 9.62. The Morgan fingerprint density at radius 1 is 1.64 bits per heavy atom. The number of halogens is 1. The van der Waals surface area contributed by atoms with Crippen LogP contribution in [0.4, 0.5) is 0 Å². The highest BCUT2D eigenvalue weighted by molar-refractivity contribution is 6.31. The molecule has 14 heavy (non-hydrogen) atoms. The van der Waals surface area contributed by atoms with Gasteiger partial charge in [0.25, 0.3) is 0 Å². The van der Waals surface area contributed by atoms with Crippen molar-refractivity contribution in [3.8, 4) is 0 Å². The molecule has 0 spiro atoms. The lowest BCUT2D eigenvalue weighted by molar-refractivity contribution is -0.120. The lowest BCUT2D eigenvalue weighted by Crippen LogP contribution is -2.34. The fraction of sp³-hybridized carbons (Fsp3) is 0.400. The number of rotatable bonds is 3. The minimum atomic E-state index is -0.563. The molecule has 0 bridgehead atoms. The Balaban J connectivity index is 2.11. The molecule has 4 heteroatoms. The van der Waals surface area contributed by atoms with Crippen molar-refractivity contribution >= 4 is 17.4 Å². The van der Waals surface area contributed by atoms with Gasteiger partial charge in [-0.25, -0.2) is 0 Å². The van der Waals surface area contributed by atoms with Crippen LogP contribution in [0.3, 0.4) is 0 Å². The van der Waals surface area contributed by atoms with E-state index in [2.05, 4.69) is 4.98 Å². The summed E-state index contributed by atoms with van der Waals surface area (Å²) in [6.45, 7) is 0. The van der Waals surface area contributed by atoms with E-state index in [0.29, 0.717) is 11.4 Å². The first-order chi connectivity index (χ1) is 6.62. The second-order valence-electron chi connectivity index (χ2n) is 3.72. The summed E-state index contributed by atoms with van der Waals surface area (Å²) in [7, 11) is 0. The lowest BCUT2D eigenvalue weighted by atomic mass is 10.0. The maximum atomic E-state index is 11.6. The number of hydrogen-bond acceptors (Lipinski definition) is 3. The van der Waals surface area contributed by atoms with Crippen molar-refractivity contribution < 1.29 is 4.79 Å². The van der Waals surface area contributed by atoms with Crippen molar-refractivity contribution in [1.82, 2.24) is 4.98 Å². The fourth-order valence-corrected chi connectivity index (χ4v) is 1.50. The molecule has 1 aliphatic rings. The SMILES string of the molecule is NC1(C(=O)Cc2ccncc2Cl)CC1. The van der Waals surface area contributed by atoms with Crippen molar-refractivity contribution in [2.75, 3.05) is 0 Å². The van der Waals surface area contributed by atoms with Gasteiger partial charge in [0.15, 0.2) is 5.78 Å². The number of nitrogens with two attached hydrogens (primary N) is 1. The number of nitrogens with zero attached hydrogens (tertiary/aromatic N) is 1. The van der Waals surface area contributed by atoms with E-state index in [4.69, 9.17) is 17.3 Å². The number of ketones is 1. The molecule has 0 amide bonds. The van der Waals surface area contributed by atoms with Gasteiger partial charge in [-0.05, 0) is 24.5 Å². The highest BCUT2D eigenvalue weighted by Crippen LogP contribution is 2.34. The molecule has 1 heterocycles. The minimum Gasteiger partial charge on any atom is -0.319 e. The molecule has 1 saturated carbocycles. The fourth-order valence-electron chi connectivity index (χ4n) is 1.31. The number of hydrogen-bond donors (Lipinski definition) is 1. The van der Waals surface area contributed by atoms with Crippen molar-refractivity contribution in [3.05, 3.63) is 29.0 Å². The molecule has 1 aliphatic carbocycles. The second-order valence-corrected chi connectivity index (χ2v) is 4.13. The molecule has 1 fully saturated rings. The van der Waals surface area contributed by atoms with E-state index in [0.717, 1.165) is 18.4 Å². The van der Waals surface area contributed by atoms with Crippen molar-refractivity contribution in [2.45, 2.75) is 24.8 Å². The van der Waals surface area contributed by atoms with E-state index < -0.39 is 5.54 Å². The first-order valence-corrected chi connectivity index (χ1v) is 4.90. The minimum absolute atomic E-state index is 0.0746. The predicted molar refractivity (Wildman–Crippen MR) is 54.1 cm³/mol. The Bertz CT molecular complexity index is 374. The summed E-state index contributed by atoms with van der Waals surface area (Å²) in [6.07, 6.45) is 5.09. The lowest BCUT2D eigenvalue weighted by Gasteiger charge is -2.07. The van der Waals surface area contributed by atoms with Gasteiger partial charge in [-0.1, -0.05) is 11.6 Å². The molecule has 0 radical (unpaired) electrons. The maximum absolute atomic E-state index is 11.6. The van der Waals surface area contributed by atoms with E-state index in [9.17, 15) is 4.79 Å². The molecule has 0 aliphatic heterocycles. The average molecular weight is 211 g/mol. The molecule has 0 atom stereocenters. The number of Topliss-reactive ketones (excluding diaryl/α,β-unsaturated/α-hetero) is 1. The zero-order chi connectivity index (χ0) is 10.2. The summed E-state index contributed by atoms with van der Waals surface area (Å²) in [5, 5.41) is 0.533. The van der Waals surface area contributed by atoms with Gasteiger partial charge < -0.3 is 5.73 Å². The maximum Gasteiger partial charge on any atom is 0.157 e. The monoisotopic (exact) mass is 210 g/mol. The zero-order valence-corrected chi connectivity index (χ0v) is 8.42. The standard InChI is InChI=1S/C10H11ClN2O/c11-8-6-13-4-1-7(8)5-9(14)10(12)2-3-10/h1,4,6H,2-3,5,12H2. The molecule has 74 valence electrons. The average Bonchev–Trinajstić information content (AvgIpc) is 2.89. The molecule has 0 aromatic carbocycles. The van der Waals surface area contributed by atoms with Gasteiger partial charge in [-0.15, -0.1) is 0 Å². The van der Waals surface area contributed by atoms with Crippen LogP contribution in [0.1, 0.15) is 18.4 Å². The van der Waals surface area contributed by atoms with Crippen LogP contribution in [0, 0.1) is 0 Å². The Labute approximate surface area is 87.3 Å². The van der Waals surface area contributed by atoms with Crippen molar-refractivity contribution in [3.63, 3.8) is 0 Å². The molecular weight excluding hydrogens is 200 g/mol. The zero-order valence-electron chi connectivity index (χ0n) is 7.66. The smallest absolute Gasteiger partial charge is 0.157 e. The summed E-state index contributed by atoms with van der Waals surface area (Å²) in [4.78, 5) is 15.5. The number of pyridine rings is 1. The second kappa shape index (κ2) is 3.33. The Kier molecular flexibility index (Phi) is 2.29. The third-order valence-electron chi connectivity index (χ3n) is 2.55. The normalized spacial score (nSPS) is 17.9. The van der Waals surface area contributed by atoms with Gasteiger partial charge in [0.1, 0.15) is 0 Å². The van der Waals surface area contributed by atoms with E-state index in [1.807, 2.05) is 0 Å². The number of carbonyl (C=O) groups is 1. The van der Waals surface area contributed by atoms with Crippen molar-refractivity contribution in [2.24, 2.45) is 5.73 Å². The van der Waals surface area contributed by atoms with Gasteiger partial charge in [-0.2, -0.15) is 0 Å². The van der Waals surface area contributed by atoms with Crippen LogP contribution >= 0.6 is 11.6 Å². The molecule has 2 N–H and O–H groups in total. The number of carbonyl (C=O) groups excluding carboxylic acids is 1. The first-order valence-electron chi connectivity index (χ1n) is 4.52. The Hall–Kier alpha value is -0.930. The summed E-state index contributed by atoms with van der Waals surface area (Å²) < 4.78 is 0. The largest absolute Gasteiger partial charge is 0.319 e. The topological polar surface area (TPSA) is 56.0 Å². The summed E-state index contributed by atoms with van der Waals surface area (Å²) in [6, 6.07) is 1.76. The molecule has 0 saturated heterocycles. The van der Waals surface area contributed by atoms with E-state index in [1.165, 1.54) is 0 Å².